The van der Waals surface area contributed by atoms with Crippen LogP contribution in [-0.2, 0) is 10.9 Å². The van der Waals surface area contributed by atoms with Crippen molar-refractivity contribution in [3.05, 3.63) is 52.0 Å². The van der Waals surface area contributed by atoms with Gasteiger partial charge in [0.1, 0.15) is 0 Å². The van der Waals surface area contributed by atoms with E-state index in [0.29, 0.717) is 37.0 Å². The number of rotatable bonds is 3. The summed E-state index contributed by atoms with van der Waals surface area (Å²) in [6.07, 6.45) is -4.54. The molecule has 0 atom stereocenters. The summed E-state index contributed by atoms with van der Waals surface area (Å²) in [5.74, 6) is 0. The number of ether oxygens (including phenoxy) is 1. The minimum absolute atomic E-state index is 0.0346. The first-order valence-electron chi connectivity index (χ1n) is 8.31. The maximum absolute atomic E-state index is 13.1. The third kappa shape index (κ3) is 5.01. The van der Waals surface area contributed by atoms with E-state index in [-0.39, 0.29) is 16.4 Å². The first-order chi connectivity index (χ1) is 13.2. The Bertz CT molecular complexity index is 872. The summed E-state index contributed by atoms with van der Waals surface area (Å²) in [6, 6.07) is 7.00. The smallest absolute Gasteiger partial charge is 0.378 e. The largest absolute Gasteiger partial charge is 0.416 e. The number of halogens is 5. The van der Waals surface area contributed by atoms with Crippen molar-refractivity contribution in [2.75, 3.05) is 41.8 Å². The van der Waals surface area contributed by atoms with Gasteiger partial charge in [-0.1, -0.05) is 23.2 Å². The van der Waals surface area contributed by atoms with Gasteiger partial charge in [0, 0.05) is 18.1 Å². The summed E-state index contributed by atoms with van der Waals surface area (Å²) >= 11 is 11.9. The van der Waals surface area contributed by atoms with E-state index in [1.54, 1.807) is 6.07 Å². The Labute approximate surface area is 169 Å². The number of carbonyl (C=O) groups excluding carboxylic acids is 1. The summed E-state index contributed by atoms with van der Waals surface area (Å²) in [6.45, 7) is 1.90. The van der Waals surface area contributed by atoms with Crippen LogP contribution in [0.25, 0.3) is 0 Å². The predicted octanol–water partition coefficient (Wildman–Crippen LogP) is 5.49. The van der Waals surface area contributed by atoms with Gasteiger partial charge in [-0.15, -0.1) is 0 Å². The molecular formula is C18H16Cl2F3N3O2. The number of nitrogens with one attached hydrogen (secondary N) is 2. The average Bonchev–Trinajstić information content (AvgIpc) is 2.64. The Morgan fingerprint density at radius 1 is 1.00 bits per heavy atom. The van der Waals surface area contributed by atoms with Crippen LogP contribution in [0.4, 0.5) is 35.0 Å². The second-order valence-electron chi connectivity index (χ2n) is 6.03. The molecule has 2 aromatic rings. The van der Waals surface area contributed by atoms with Crippen LogP contribution in [-0.4, -0.2) is 32.3 Å². The van der Waals surface area contributed by atoms with Crippen molar-refractivity contribution in [3.8, 4) is 0 Å². The number of benzene rings is 2. The quantitative estimate of drug-likeness (QED) is 0.672. The van der Waals surface area contributed by atoms with Gasteiger partial charge in [0.2, 0.25) is 0 Å². The molecule has 0 spiro atoms. The summed E-state index contributed by atoms with van der Waals surface area (Å²) in [5.41, 5.74) is -0.108. The summed E-state index contributed by atoms with van der Waals surface area (Å²) in [4.78, 5) is 14.2. The molecule has 1 saturated heterocycles. The van der Waals surface area contributed by atoms with E-state index >= 15 is 0 Å². The third-order valence-corrected chi connectivity index (χ3v) is 4.67. The summed E-state index contributed by atoms with van der Waals surface area (Å²) in [7, 11) is 0. The van der Waals surface area contributed by atoms with E-state index < -0.39 is 17.8 Å². The first-order valence-corrected chi connectivity index (χ1v) is 9.06. The van der Waals surface area contributed by atoms with Crippen LogP contribution in [0.15, 0.2) is 36.4 Å². The molecule has 0 saturated carbocycles. The van der Waals surface area contributed by atoms with Gasteiger partial charge in [0.15, 0.2) is 0 Å². The van der Waals surface area contributed by atoms with E-state index in [4.69, 9.17) is 27.9 Å². The van der Waals surface area contributed by atoms with Crippen molar-refractivity contribution in [1.29, 1.82) is 0 Å². The van der Waals surface area contributed by atoms with Gasteiger partial charge in [-0.3, -0.25) is 0 Å². The van der Waals surface area contributed by atoms with Crippen molar-refractivity contribution >= 4 is 46.3 Å². The molecule has 2 aromatic carbocycles. The molecule has 1 fully saturated rings. The number of morpholine rings is 1. The van der Waals surface area contributed by atoms with E-state index in [9.17, 15) is 18.0 Å². The Morgan fingerprint density at radius 3 is 2.36 bits per heavy atom. The van der Waals surface area contributed by atoms with E-state index in [0.717, 1.165) is 12.1 Å². The topological polar surface area (TPSA) is 53.6 Å². The number of amides is 2. The average molecular weight is 434 g/mol. The van der Waals surface area contributed by atoms with Gasteiger partial charge < -0.3 is 20.3 Å². The molecule has 2 amide bonds. The Kier molecular flexibility index (Phi) is 6.22. The molecule has 2 N–H and O–H groups in total. The van der Waals surface area contributed by atoms with Crippen LogP contribution in [0.5, 0.6) is 0 Å². The molecule has 0 radical (unpaired) electrons. The number of alkyl halides is 3. The molecule has 0 aliphatic carbocycles. The SMILES string of the molecule is O=C(Nc1cc(Cl)ccc1Cl)Nc1cc(C(F)(F)F)ccc1N1CCOCC1. The number of carbonyl (C=O) groups is 1. The van der Waals surface area contributed by atoms with Crippen LogP contribution in [0.3, 0.4) is 0 Å². The number of anilines is 3. The lowest BCUT2D eigenvalue weighted by Crippen LogP contribution is -2.37. The molecular weight excluding hydrogens is 418 g/mol. The highest BCUT2D eigenvalue weighted by Gasteiger charge is 2.32. The lowest BCUT2D eigenvalue weighted by molar-refractivity contribution is -0.137. The van der Waals surface area contributed by atoms with E-state index in [2.05, 4.69) is 10.6 Å². The number of hydrogen-bond acceptors (Lipinski definition) is 3. The van der Waals surface area contributed by atoms with Gasteiger partial charge in [0.05, 0.1) is 40.9 Å². The highest BCUT2D eigenvalue weighted by molar-refractivity contribution is 6.35. The second kappa shape index (κ2) is 8.46. The zero-order valence-electron chi connectivity index (χ0n) is 14.4. The Morgan fingerprint density at radius 2 is 1.68 bits per heavy atom. The first kappa shape index (κ1) is 20.6. The van der Waals surface area contributed by atoms with Crippen LogP contribution in [0.1, 0.15) is 5.56 Å². The van der Waals surface area contributed by atoms with Crippen LogP contribution >= 0.6 is 23.2 Å². The fourth-order valence-corrected chi connectivity index (χ4v) is 3.10. The Hall–Kier alpha value is -2.16. The molecule has 0 bridgehead atoms. The molecule has 0 aromatic heterocycles. The minimum atomic E-state index is -4.54. The second-order valence-corrected chi connectivity index (χ2v) is 6.88. The fourth-order valence-electron chi connectivity index (χ4n) is 2.76. The highest BCUT2D eigenvalue weighted by atomic mass is 35.5. The van der Waals surface area contributed by atoms with Crippen molar-refractivity contribution in [2.24, 2.45) is 0 Å². The molecule has 3 rings (SSSR count). The normalized spacial score (nSPS) is 14.7. The van der Waals surface area contributed by atoms with Crippen LogP contribution < -0.4 is 15.5 Å². The monoisotopic (exact) mass is 433 g/mol. The highest BCUT2D eigenvalue weighted by Crippen LogP contribution is 2.36. The molecule has 5 nitrogen and oxygen atoms in total. The summed E-state index contributed by atoms with van der Waals surface area (Å²) < 4.78 is 44.7. The van der Waals surface area contributed by atoms with E-state index in [1.165, 1.54) is 18.2 Å². The molecule has 1 aliphatic heterocycles. The molecule has 0 unspecified atom stereocenters. The standard InChI is InChI=1S/C18H16Cl2F3N3O2/c19-12-2-3-13(20)14(10-12)24-17(27)25-15-9-11(18(21,22)23)1-4-16(15)26-5-7-28-8-6-26/h1-4,9-10H,5-8H2,(H2,24,25,27). The number of nitrogens with zero attached hydrogens (tertiary/aromatic N) is 1. The Balaban J connectivity index is 1.87. The van der Waals surface area contributed by atoms with Gasteiger partial charge in [-0.25, -0.2) is 4.79 Å². The third-order valence-electron chi connectivity index (χ3n) is 4.10. The van der Waals surface area contributed by atoms with Gasteiger partial charge in [-0.05, 0) is 36.4 Å². The predicted molar refractivity (Wildman–Crippen MR) is 104 cm³/mol. The van der Waals surface area contributed by atoms with Crippen molar-refractivity contribution in [3.63, 3.8) is 0 Å². The molecule has 1 aliphatic rings. The molecule has 10 heteroatoms. The van der Waals surface area contributed by atoms with E-state index in [1.807, 2.05) is 4.90 Å². The van der Waals surface area contributed by atoms with Crippen molar-refractivity contribution < 1.29 is 22.7 Å². The van der Waals surface area contributed by atoms with Gasteiger partial charge >= 0.3 is 12.2 Å². The van der Waals surface area contributed by atoms with Gasteiger partial charge in [0.25, 0.3) is 0 Å². The zero-order chi connectivity index (χ0) is 20.3. The number of hydrogen-bond donors (Lipinski definition) is 2. The zero-order valence-corrected chi connectivity index (χ0v) is 16.0. The van der Waals surface area contributed by atoms with Crippen LogP contribution in [0.2, 0.25) is 10.0 Å². The van der Waals surface area contributed by atoms with Gasteiger partial charge in [-0.2, -0.15) is 13.2 Å². The maximum Gasteiger partial charge on any atom is 0.416 e. The molecule has 1 heterocycles. The molecule has 28 heavy (non-hydrogen) atoms. The minimum Gasteiger partial charge on any atom is -0.378 e. The fraction of sp³-hybridized carbons (Fsp3) is 0.278. The lowest BCUT2D eigenvalue weighted by Gasteiger charge is -2.31. The molecule has 150 valence electrons. The lowest BCUT2D eigenvalue weighted by atomic mass is 10.1. The number of urea groups is 1. The maximum atomic E-state index is 13.1. The van der Waals surface area contributed by atoms with Crippen molar-refractivity contribution in [2.45, 2.75) is 6.18 Å². The van der Waals surface area contributed by atoms with Crippen molar-refractivity contribution in [1.82, 2.24) is 0 Å². The summed E-state index contributed by atoms with van der Waals surface area (Å²) in [5, 5.41) is 5.58. The van der Waals surface area contributed by atoms with Crippen LogP contribution in [0, 0.1) is 0 Å².